The second kappa shape index (κ2) is 9.25. The molecule has 164 valence electrons. The van der Waals surface area contributed by atoms with E-state index in [2.05, 4.69) is 10.6 Å². The van der Waals surface area contributed by atoms with Crippen LogP contribution in [0.15, 0.2) is 58.6 Å². The van der Waals surface area contributed by atoms with E-state index in [1.165, 1.54) is 0 Å². The van der Waals surface area contributed by atoms with Crippen LogP contribution >= 0.6 is 23.2 Å². The van der Waals surface area contributed by atoms with Crippen LogP contribution in [0.25, 0.3) is 0 Å². The van der Waals surface area contributed by atoms with Crippen LogP contribution in [0.3, 0.4) is 0 Å². The fourth-order valence-electron chi connectivity index (χ4n) is 3.03. The minimum absolute atomic E-state index is 0.0389. The Labute approximate surface area is 188 Å². The van der Waals surface area contributed by atoms with Gasteiger partial charge in [-0.3, -0.25) is 0 Å². The van der Waals surface area contributed by atoms with E-state index < -0.39 is 39.4 Å². The summed E-state index contributed by atoms with van der Waals surface area (Å²) < 4.78 is 44.4. The monoisotopic (exact) mass is 486 g/mol. The number of halogens is 3. The van der Waals surface area contributed by atoms with Crippen LogP contribution in [-0.4, -0.2) is 32.8 Å². The molecule has 0 fully saturated rings. The van der Waals surface area contributed by atoms with Crippen molar-refractivity contribution in [2.24, 2.45) is 0 Å². The molecule has 1 aliphatic rings. The summed E-state index contributed by atoms with van der Waals surface area (Å²) in [6, 6.07) is 7.63. The Morgan fingerprint density at radius 3 is 2.45 bits per heavy atom. The van der Waals surface area contributed by atoms with Crippen molar-refractivity contribution < 1.29 is 27.1 Å². The summed E-state index contributed by atoms with van der Waals surface area (Å²) in [7, 11) is -4.10. The number of esters is 1. The third-order valence-electron chi connectivity index (χ3n) is 4.44. The molecule has 1 unspecified atom stereocenters. The van der Waals surface area contributed by atoms with Gasteiger partial charge in [0.15, 0.2) is 9.84 Å². The molecule has 1 heterocycles. The lowest BCUT2D eigenvalue weighted by atomic mass is 9.95. The molecule has 0 saturated carbocycles. The lowest BCUT2D eigenvalue weighted by Crippen LogP contribution is -2.47. The van der Waals surface area contributed by atoms with E-state index in [9.17, 15) is 22.4 Å². The Balaban J connectivity index is 2.10. The van der Waals surface area contributed by atoms with Gasteiger partial charge in [0.25, 0.3) is 0 Å². The molecule has 31 heavy (non-hydrogen) atoms. The Hall–Kier alpha value is -2.62. The van der Waals surface area contributed by atoms with Crippen molar-refractivity contribution in [1.82, 2.24) is 10.6 Å². The van der Waals surface area contributed by atoms with Crippen LogP contribution in [-0.2, 0) is 19.4 Å². The maximum absolute atomic E-state index is 13.4. The number of nitrogens with one attached hydrogen (secondary N) is 2. The summed E-state index contributed by atoms with van der Waals surface area (Å²) >= 11 is 11.6. The number of ether oxygens (including phenoxy) is 1. The molecular formula is C20H17Cl2FN2O5S. The first kappa shape index (κ1) is 23.1. The maximum atomic E-state index is 13.4. The van der Waals surface area contributed by atoms with E-state index in [-0.39, 0.29) is 27.8 Å². The van der Waals surface area contributed by atoms with Gasteiger partial charge in [-0.05, 0) is 42.8 Å². The van der Waals surface area contributed by atoms with Gasteiger partial charge in [-0.2, -0.15) is 0 Å². The molecule has 7 nitrogen and oxygen atoms in total. The molecule has 0 saturated heterocycles. The highest BCUT2D eigenvalue weighted by molar-refractivity contribution is 7.91. The summed E-state index contributed by atoms with van der Waals surface area (Å²) in [6.07, 6.45) is 0. The average Bonchev–Trinajstić information content (AvgIpc) is 2.70. The zero-order chi connectivity index (χ0) is 22.8. The van der Waals surface area contributed by atoms with Gasteiger partial charge >= 0.3 is 12.0 Å². The van der Waals surface area contributed by atoms with Gasteiger partial charge in [-0.1, -0.05) is 35.3 Å². The number of rotatable bonds is 6. The first-order chi connectivity index (χ1) is 14.6. The van der Waals surface area contributed by atoms with E-state index in [4.69, 9.17) is 27.9 Å². The summed E-state index contributed by atoms with van der Waals surface area (Å²) in [4.78, 5) is 24.7. The number of carbonyl (C=O) groups excluding carboxylic acids is 2. The van der Waals surface area contributed by atoms with E-state index in [0.29, 0.717) is 10.6 Å². The molecule has 0 radical (unpaired) electrons. The molecule has 0 bridgehead atoms. The van der Waals surface area contributed by atoms with Crippen molar-refractivity contribution in [3.05, 3.63) is 75.2 Å². The standard InChI is InChI=1S/C20H17Cl2FN2O5S/c1-2-30-19(26)17-16(10-31(28,29)13-7-8-15(23)14(22)9-13)24-20(27)25-18(17)11-3-5-12(21)6-4-11/h3-9,18H,2,10H2,1H3,(H2,24,25,27). The van der Waals surface area contributed by atoms with Crippen LogP contribution in [0.2, 0.25) is 10.0 Å². The van der Waals surface area contributed by atoms with Crippen LogP contribution < -0.4 is 10.6 Å². The highest BCUT2D eigenvalue weighted by Crippen LogP contribution is 2.30. The van der Waals surface area contributed by atoms with Crippen molar-refractivity contribution >= 4 is 45.0 Å². The van der Waals surface area contributed by atoms with E-state index >= 15 is 0 Å². The van der Waals surface area contributed by atoms with Gasteiger partial charge < -0.3 is 15.4 Å². The third-order valence-corrected chi connectivity index (χ3v) is 6.62. The van der Waals surface area contributed by atoms with E-state index in [0.717, 1.165) is 18.2 Å². The predicted octanol–water partition coefficient (Wildman–Crippen LogP) is 3.78. The zero-order valence-corrected chi connectivity index (χ0v) is 18.4. The molecule has 0 spiro atoms. The molecule has 1 aliphatic heterocycles. The topological polar surface area (TPSA) is 102 Å². The molecule has 2 amide bonds. The van der Waals surface area contributed by atoms with Crippen LogP contribution in [0.5, 0.6) is 0 Å². The molecule has 2 N–H and O–H groups in total. The van der Waals surface area contributed by atoms with Gasteiger partial charge in [0.2, 0.25) is 0 Å². The largest absolute Gasteiger partial charge is 0.463 e. The number of carbonyl (C=O) groups is 2. The van der Waals surface area contributed by atoms with E-state index in [1.807, 2.05) is 0 Å². The lowest BCUT2D eigenvalue weighted by Gasteiger charge is -2.29. The van der Waals surface area contributed by atoms with Crippen LogP contribution in [0.1, 0.15) is 18.5 Å². The highest BCUT2D eigenvalue weighted by atomic mass is 35.5. The molecular weight excluding hydrogens is 470 g/mol. The van der Waals surface area contributed by atoms with Gasteiger partial charge in [-0.25, -0.2) is 22.4 Å². The van der Waals surface area contributed by atoms with Crippen LogP contribution in [0.4, 0.5) is 9.18 Å². The van der Waals surface area contributed by atoms with E-state index in [1.54, 1.807) is 31.2 Å². The van der Waals surface area contributed by atoms with Gasteiger partial charge in [0, 0.05) is 10.7 Å². The summed E-state index contributed by atoms with van der Waals surface area (Å²) in [5.74, 6) is -2.30. The van der Waals surface area contributed by atoms with Crippen molar-refractivity contribution in [3.8, 4) is 0 Å². The minimum atomic E-state index is -4.10. The predicted molar refractivity (Wildman–Crippen MR) is 113 cm³/mol. The summed E-state index contributed by atoms with van der Waals surface area (Å²) in [6.45, 7) is 1.64. The molecule has 0 aromatic heterocycles. The second-order valence-corrected chi connectivity index (χ2v) is 9.36. The van der Waals surface area contributed by atoms with Gasteiger partial charge in [-0.15, -0.1) is 0 Å². The normalized spacial score (nSPS) is 16.5. The Morgan fingerprint density at radius 2 is 1.84 bits per heavy atom. The molecule has 2 aromatic rings. The fourth-order valence-corrected chi connectivity index (χ4v) is 4.75. The number of hydrogen-bond acceptors (Lipinski definition) is 5. The van der Waals surface area contributed by atoms with Gasteiger partial charge in [0.1, 0.15) is 5.82 Å². The Bertz CT molecular complexity index is 1170. The van der Waals surface area contributed by atoms with Crippen molar-refractivity contribution in [2.75, 3.05) is 12.4 Å². The quantitative estimate of drug-likeness (QED) is 0.477. The summed E-state index contributed by atoms with van der Waals surface area (Å²) in [5.41, 5.74) is 0.283. The SMILES string of the molecule is CCOC(=O)C1=C(CS(=O)(=O)c2ccc(F)c(Cl)c2)NC(=O)NC1c1ccc(Cl)cc1. The molecule has 1 atom stereocenters. The number of hydrogen-bond donors (Lipinski definition) is 2. The molecule has 3 rings (SSSR count). The number of urea groups is 1. The fraction of sp³-hybridized carbons (Fsp3) is 0.200. The molecule has 11 heteroatoms. The third kappa shape index (κ3) is 5.17. The number of sulfone groups is 1. The van der Waals surface area contributed by atoms with Crippen molar-refractivity contribution in [2.45, 2.75) is 17.9 Å². The maximum Gasteiger partial charge on any atom is 0.338 e. The average molecular weight is 487 g/mol. The zero-order valence-electron chi connectivity index (χ0n) is 16.1. The van der Waals surface area contributed by atoms with Crippen molar-refractivity contribution in [3.63, 3.8) is 0 Å². The number of amides is 2. The van der Waals surface area contributed by atoms with Crippen molar-refractivity contribution in [1.29, 1.82) is 0 Å². The molecule has 0 aliphatic carbocycles. The first-order valence-electron chi connectivity index (χ1n) is 9.03. The first-order valence-corrected chi connectivity index (χ1v) is 11.4. The minimum Gasteiger partial charge on any atom is -0.463 e. The lowest BCUT2D eigenvalue weighted by molar-refractivity contribution is -0.139. The molecule has 2 aromatic carbocycles. The van der Waals surface area contributed by atoms with Crippen LogP contribution in [0, 0.1) is 5.82 Å². The Kier molecular flexibility index (Phi) is 6.88. The van der Waals surface area contributed by atoms with Gasteiger partial charge in [0.05, 0.1) is 33.9 Å². The number of benzene rings is 2. The highest BCUT2D eigenvalue weighted by Gasteiger charge is 2.35. The smallest absolute Gasteiger partial charge is 0.338 e. The summed E-state index contributed by atoms with van der Waals surface area (Å²) in [5, 5.41) is 5.06. The second-order valence-electron chi connectivity index (χ2n) is 6.53. The Morgan fingerprint density at radius 1 is 1.16 bits per heavy atom.